The maximum Gasteiger partial charge on any atom is 0.266 e. The van der Waals surface area contributed by atoms with Crippen LogP contribution < -0.4 is 5.56 Å². The summed E-state index contributed by atoms with van der Waals surface area (Å²) in [4.78, 5) is 19.2. The predicted molar refractivity (Wildman–Crippen MR) is 107 cm³/mol. The van der Waals surface area contributed by atoms with E-state index in [1.807, 2.05) is 24.3 Å². The average Bonchev–Trinajstić information content (AvgIpc) is 3.03. The van der Waals surface area contributed by atoms with Gasteiger partial charge in [-0.05, 0) is 32.6 Å². The van der Waals surface area contributed by atoms with E-state index in [0.717, 1.165) is 26.6 Å². The van der Waals surface area contributed by atoms with Crippen molar-refractivity contribution in [3.05, 3.63) is 69.8 Å². The van der Waals surface area contributed by atoms with Gasteiger partial charge in [0, 0.05) is 32.8 Å². The van der Waals surface area contributed by atoms with Crippen molar-refractivity contribution in [2.24, 2.45) is 0 Å². The minimum absolute atomic E-state index is 0.00640. The Bertz CT molecular complexity index is 1110. The highest BCUT2D eigenvalue weighted by Crippen LogP contribution is 2.44. The standard InChI is InChI=1S/C21H20N2OS/c1-13(23(2)3)19-17(14-9-5-4-6-10-14)18-15-11-7-8-12-16(15)22-21(24)20(18)25-19/h4-13H,1-3H3,(H,22,24). The number of para-hydroxylation sites is 1. The van der Waals surface area contributed by atoms with Gasteiger partial charge in [-0.15, -0.1) is 11.3 Å². The largest absolute Gasteiger partial charge is 0.321 e. The van der Waals surface area contributed by atoms with Crippen LogP contribution in [0.25, 0.3) is 32.1 Å². The van der Waals surface area contributed by atoms with Gasteiger partial charge in [-0.2, -0.15) is 0 Å². The van der Waals surface area contributed by atoms with Crippen molar-refractivity contribution >= 4 is 32.3 Å². The summed E-state index contributed by atoms with van der Waals surface area (Å²) in [5, 5.41) is 2.17. The molecule has 3 nitrogen and oxygen atoms in total. The monoisotopic (exact) mass is 348 g/mol. The van der Waals surface area contributed by atoms with Crippen LogP contribution in [0.1, 0.15) is 17.8 Å². The molecule has 0 amide bonds. The lowest BCUT2D eigenvalue weighted by Gasteiger charge is -2.20. The molecule has 0 saturated carbocycles. The van der Waals surface area contributed by atoms with Gasteiger partial charge in [-0.3, -0.25) is 4.79 Å². The summed E-state index contributed by atoms with van der Waals surface area (Å²) in [6.45, 7) is 2.19. The second kappa shape index (κ2) is 6.14. The molecule has 0 aliphatic heterocycles. The summed E-state index contributed by atoms with van der Waals surface area (Å²) in [5.41, 5.74) is 3.23. The first kappa shape index (κ1) is 16.1. The van der Waals surface area contributed by atoms with Crippen molar-refractivity contribution in [2.75, 3.05) is 14.1 Å². The first-order chi connectivity index (χ1) is 12.1. The molecule has 0 aliphatic rings. The van der Waals surface area contributed by atoms with E-state index in [2.05, 4.69) is 61.2 Å². The number of fused-ring (bicyclic) bond motifs is 3. The van der Waals surface area contributed by atoms with Crippen molar-refractivity contribution in [1.29, 1.82) is 0 Å². The Morgan fingerprint density at radius 2 is 1.68 bits per heavy atom. The van der Waals surface area contributed by atoms with Crippen molar-refractivity contribution < 1.29 is 0 Å². The van der Waals surface area contributed by atoms with Crippen LogP contribution in [0.4, 0.5) is 0 Å². The molecule has 0 spiro atoms. The van der Waals surface area contributed by atoms with Gasteiger partial charge >= 0.3 is 0 Å². The number of rotatable bonds is 3. The number of benzene rings is 2. The second-order valence-electron chi connectivity index (χ2n) is 6.55. The number of aromatic amines is 1. The van der Waals surface area contributed by atoms with Crippen LogP contribution in [0.2, 0.25) is 0 Å². The Labute approximate surface area is 150 Å². The van der Waals surface area contributed by atoms with Crippen molar-refractivity contribution in [3.8, 4) is 11.1 Å². The lowest BCUT2D eigenvalue weighted by atomic mass is 9.97. The lowest BCUT2D eigenvalue weighted by molar-refractivity contribution is 0.326. The normalized spacial score (nSPS) is 13.0. The van der Waals surface area contributed by atoms with Gasteiger partial charge in [0.1, 0.15) is 4.70 Å². The van der Waals surface area contributed by atoms with Crippen LogP contribution in [0.3, 0.4) is 0 Å². The predicted octanol–water partition coefficient (Wildman–Crippen LogP) is 5.03. The van der Waals surface area contributed by atoms with Gasteiger partial charge in [-0.25, -0.2) is 0 Å². The third kappa shape index (κ3) is 2.58. The van der Waals surface area contributed by atoms with Gasteiger partial charge in [0.05, 0.1) is 0 Å². The Morgan fingerprint density at radius 3 is 2.40 bits per heavy atom. The second-order valence-corrected chi connectivity index (χ2v) is 7.60. The van der Waals surface area contributed by atoms with E-state index >= 15 is 0 Å². The zero-order valence-electron chi connectivity index (χ0n) is 14.5. The first-order valence-electron chi connectivity index (χ1n) is 8.37. The molecule has 25 heavy (non-hydrogen) atoms. The molecular weight excluding hydrogens is 328 g/mol. The highest BCUT2D eigenvalue weighted by atomic mass is 32.1. The molecule has 0 radical (unpaired) electrons. The number of hydrogen-bond donors (Lipinski definition) is 1. The number of H-pyrrole nitrogens is 1. The molecule has 126 valence electrons. The van der Waals surface area contributed by atoms with E-state index in [1.165, 1.54) is 10.4 Å². The van der Waals surface area contributed by atoms with E-state index in [-0.39, 0.29) is 11.6 Å². The number of hydrogen-bond acceptors (Lipinski definition) is 3. The van der Waals surface area contributed by atoms with Gasteiger partial charge in [0.25, 0.3) is 5.56 Å². The quantitative estimate of drug-likeness (QED) is 0.563. The molecule has 0 aliphatic carbocycles. The third-order valence-electron chi connectivity index (χ3n) is 4.80. The highest BCUT2D eigenvalue weighted by molar-refractivity contribution is 7.20. The molecule has 2 aromatic carbocycles. The van der Waals surface area contributed by atoms with Crippen molar-refractivity contribution in [1.82, 2.24) is 9.88 Å². The topological polar surface area (TPSA) is 36.1 Å². The van der Waals surface area contributed by atoms with E-state index < -0.39 is 0 Å². The van der Waals surface area contributed by atoms with E-state index in [9.17, 15) is 4.79 Å². The van der Waals surface area contributed by atoms with E-state index in [4.69, 9.17) is 0 Å². The smallest absolute Gasteiger partial charge is 0.266 e. The highest BCUT2D eigenvalue weighted by Gasteiger charge is 2.23. The molecule has 2 heterocycles. The number of thiophene rings is 1. The van der Waals surface area contributed by atoms with Crippen molar-refractivity contribution in [3.63, 3.8) is 0 Å². The SMILES string of the molecule is CC(c1sc2c(=O)[nH]c3ccccc3c2c1-c1ccccc1)N(C)C. The van der Waals surface area contributed by atoms with E-state index in [0.29, 0.717) is 0 Å². The average molecular weight is 348 g/mol. The van der Waals surface area contributed by atoms with Crippen LogP contribution >= 0.6 is 11.3 Å². The van der Waals surface area contributed by atoms with Crippen LogP contribution in [0.15, 0.2) is 59.4 Å². The van der Waals surface area contributed by atoms with E-state index in [1.54, 1.807) is 11.3 Å². The molecule has 4 heteroatoms. The lowest BCUT2D eigenvalue weighted by Crippen LogP contribution is -2.16. The Morgan fingerprint density at radius 1 is 1.00 bits per heavy atom. The zero-order chi connectivity index (χ0) is 17.6. The van der Waals surface area contributed by atoms with Gasteiger partial charge in [-0.1, -0.05) is 48.5 Å². The maximum absolute atomic E-state index is 12.7. The fourth-order valence-electron chi connectivity index (χ4n) is 3.27. The molecule has 0 bridgehead atoms. The van der Waals surface area contributed by atoms with Crippen LogP contribution in [0, 0.1) is 0 Å². The number of pyridine rings is 1. The van der Waals surface area contributed by atoms with Gasteiger partial charge < -0.3 is 9.88 Å². The van der Waals surface area contributed by atoms with Crippen LogP contribution in [-0.4, -0.2) is 24.0 Å². The summed E-state index contributed by atoms with van der Waals surface area (Å²) in [5.74, 6) is 0. The summed E-state index contributed by atoms with van der Waals surface area (Å²) in [7, 11) is 4.15. The van der Waals surface area contributed by atoms with Crippen LogP contribution in [-0.2, 0) is 0 Å². The molecule has 1 atom stereocenters. The summed E-state index contributed by atoms with van der Waals surface area (Å²) < 4.78 is 0.807. The molecule has 2 aromatic heterocycles. The minimum Gasteiger partial charge on any atom is -0.321 e. The van der Waals surface area contributed by atoms with Crippen molar-refractivity contribution in [2.45, 2.75) is 13.0 Å². The van der Waals surface area contributed by atoms with Gasteiger partial charge in [0.15, 0.2) is 0 Å². The zero-order valence-corrected chi connectivity index (χ0v) is 15.4. The summed E-state index contributed by atoms with van der Waals surface area (Å²) in [6, 6.07) is 18.7. The molecule has 0 saturated heterocycles. The number of nitrogens with one attached hydrogen (secondary N) is 1. The summed E-state index contributed by atoms with van der Waals surface area (Å²) >= 11 is 1.61. The molecule has 4 aromatic rings. The fourth-order valence-corrected chi connectivity index (χ4v) is 4.66. The molecule has 1 unspecified atom stereocenters. The number of aromatic nitrogens is 1. The first-order valence-corrected chi connectivity index (χ1v) is 9.19. The Hall–Kier alpha value is -2.43. The fraction of sp³-hybridized carbons (Fsp3) is 0.190. The Kier molecular flexibility index (Phi) is 3.94. The third-order valence-corrected chi connectivity index (χ3v) is 6.16. The Balaban J connectivity index is 2.21. The molecule has 1 N–H and O–H groups in total. The van der Waals surface area contributed by atoms with Crippen LogP contribution in [0.5, 0.6) is 0 Å². The minimum atomic E-state index is -0.00640. The maximum atomic E-state index is 12.7. The molecule has 0 fully saturated rings. The summed E-state index contributed by atoms with van der Waals surface area (Å²) in [6.07, 6.45) is 0. The molecule has 4 rings (SSSR count). The van der Waals surface area contributed by atoms with Gasteiger partial charge in [0.2, 0.25) is 0 Å². The molecular formula is C21H20N2OS. The number of nitrogens with zero attached hydrogens (tertiary/aromatic N) is 1.